The Morgan fingerprint density at radius 2 is 2.00 bits per heavy atom. The highest BCUT2D eigenvalue weighted by atomic mass is 19.1. The molecule has 0 saturated heterocycles. The minimum atomic E-state index is -0.707. The molecule has 0 bridgehead atoms. The van der Waals surface area contributed by atoms with E-state index >= 15 is 0 Å². The molecule has 0 aliphatic carbocycles. The zero-order chi connectivity index (χ0) is 22.6. The Bertz CT molecular complexity index is 1050. The Kier molecular flexibility index (Phi) is 6.82. The number of carbonyl (C=O) groups is 1. The summed E-state index contributed by atoms with van der Waals surface area (Å²) in [6.07, 6.45) is 3.06. The number of nitrogens with one attached hydrogen (secondary N) is 1. The number of aromatic nitrogens is 3. The SMILES string of the molecule is CC(C)(C)NC(=O)c1cnn2ccc(N(CCF)[C@H](CCF)c3cccc(F)c3)nc12. The van der Waals surface area contributed by atoms with Crippen LogP contribution in [0.4, 0.5) is 19.0 Å². The summed E-state index contributed by atoms with van der Waals surface area (Å²) in [6, 6.07) is 6.81. The van der Waals surface area contributed by atoms with E-state index in [2.05, 4.69) is 15.4 Å². The van der Waals surface area contributed by atoms with E-state index in [1.165, 1.54) is 28.9 Å². The minimum absolute atomic E-state index is 0.0347. The molecule has 3 aromatic rings. The van der Waals surface area contributed by atoms with Crippen molar-refractivity contribution in [1.29, 1.82) is 0 Å². The second-order valence-electron chi connectivity index (χ2n) is 8.25. The lowest BCUT2D eigenvalue weighted by atomic mass is 10.0. The maximum atomic E-state index is 13.8. The Hall–Kier alpha value is -3.10. The molecule has 9 heteroatoms. The molecule has 0 spiro atoms. The molecule has 0 aliphatic rings. The summed E-state index contributed by atoms with van der Waals surface area (Å²) in [6.45, 7) is 4.14. The van der Waals surface area contributed by atoms with Crippen LogP contribution < -0.4 is 10.2 Å². The summed E-state index contributed by atoms with van der Waals surface area (Å²) in [5, 5.41) is 7.02. The molecule has 0 fully saturated rings. The molecule has 0 aliphatic heterocycles. The van der Waals surface area contributed by atoms with Crippen LogP contribution in [0.25, 0.3) is 5.65 Å². The van der Waals surface area contributed by atoms with Gasteiger partial charge >= 0.3 is 0 Å². The molecule has 2 aromatic heterocycles. The summed E-state index contributed by atoms with van der Waals surface area (Å²) in [5.41, 5.74) is 0.630. The van der Waals surface area contributed by atoms with Gasteiger partial charge in [-0.25, -0.2) is 18.3 Å². The first-order chi connectivity index (χ1) is 14.7. The van der Waals surface area contributed by atoms with Crippen molar-refractivity contribution in [3.05, 3.63) is 59.7 Å². The first-order valence-corrected chi connectivity index (χ1v) is 10.0. The van der Waals surface area contributed by atoms with E-state index in [0.717, 1.165) is 0 Å². The maximum Gasteiger partial charge on any atom is 0.257 e. The fraction of sp³-hybridized carbons (Fsp3) is 0.409. The Labute approximate surface area is 179 Å². The zero-order valence-electron chi connectivity index (χ0n) is 17.8. The largest absolute Gasteiger partial charge is 0.347 e. The average Bonchev–Trinajstić information content (AvgIpc) is 3.13. The molecule has 2 heterocycles. The third-order valence-corrected chi connectivity index (χ3v) is 4.70. The Balaban J connectivity index is 2.04. The van der Waals surface area contributed by atoms with Gasteiger partial charge < -0.3 is 10.2 Å². The monoisotopic (exact) mass is 433 g/mol. The topological polar surface area (TPSA) is 62.5 Å². The van der Waals surface area contributed by atoms with Gasteiger partial charge in [0, 0.05) is 24.7 Å². The van der Waals surface area contributed by atoms with Crippen LogP contribution in [0.15, 0.2) is 42.7 Å². The molecular weight excluding hydrogens is 407 g/mol. The van der Waals surface area contributed by atoms with Crippen molar-refractivity contribution < 1.29 is 18.0 Å². The number of hydrogen-bond acceptors (Lipinski definition) is 4. The zero-order valence-corrected chi connectivity index (χ0v) is 17.8. The number of benzene rings is 1. The van der Waals surface area contributed by atoms with Gasteiger partial charge in [-0.1, -0.05) is 12.1 Å². The lowest BCUT2D eigenvalue weighted by molar-refractivity contribution is 0.0921. The van der Waals surface area contributed by atoms with Gasteiger partial charge in [-0.2, -0.15) is 5.10 Å². The molecule has 1 aromatic carbocycles. The van der Waals surface area contributed by atoms with Gasteiger partial charge in [-0.3, -0.25) is 9.18 Å². The summed E-state index contributed by atoms with van der Waals surface area (Å²) < 4.78 is 42.1. The molecule has 31 heavy (non-hydrogen) atoms. The van der Waals surface area contributed by atoms with Crippen molar-refractivity contribution in [2.45, 2.75) is 38.8 Å². The van der Waals surface area contributed by atoms with E-state index in [-0.39, 0.29) is 24.4 Å². The molecule has 0 radical (unpaired) electrons. The van der Waals surface area contributed by atoms with Crippen molar-refractivity contribution in [2.24, 2.45) is 0 Å². The van der Waals surface area contributed by atoms with Gasteiger partial charge in [-0.05, 0) is 44.5 Å². The minimum Gasteiger partial charge on any atom is -0.347 e. The number of nitrogens with zero attached hydrogens (tertiary/aromatic N) is 4. The third-order valence-electron chi connectivity index (χ3n) is 4.70. The third kappa shape index (κ3) is 5.34. The van der Waals surface area contributed by atoms with Crippen LogP contribution in [0, 0.1) is 5.82 Å². The van der Waals surface area contributed by atoms with E-state index in [4.69, 9.17) is 0 Å². The van der Waals surface area contributed by atoms with Crippen LogP contribution in [0.5, 0.6) is 0 Å². The quantitative estimate of drug-likeness (QED) is 0.576. The standard InChI is InChI=1S/C22H26F3N5O/c1-22(2,3)28-21(31)17-14-26-30-11-8-19(27-20(17)30)29(12-10-24)18(7-9-23)15-5-4-6-16(25)13-15/h4-6,8,11,13-14,18H,7,9-10,12H2,1-3H3,(H,28,31)/t18-/m1/s1. The van der Waals surface area contributed by atoms with Crippen molar-refractivity contribution in [1.82, 2.24) is 19.9 Å². The molecular formula is C22H26F3N5O. The number of anilines is 1. The van der Waals surface area contributed by atoms with E-state index in [9.17, 15) is 18.0 Å². The highest BCUT2D eigenvalue weighted by molar-refractivity contribution is 6.00. The van der Waals surface area contributed by atoms with Gasteiger partial charge in [0.2, 0.25) is 0 Å². The van der Waals surface area contributed by atoms with E-state index in [1.807, 2.05) is 20.8 Å². The Morgan fingerprint density at radius 1 is 1.23 bits per heavy atom. The maximum absolute atomic E-state index is 13.8. The highest BCUT2D eigenvalue weighted by Crippen LogP contribution is 2.30. The Morgan fingerprint density at radius 3 is 2.65 bits per heavy atom. The van der Waals surface area contributed by atoms with Crippen LogP contribution in [-0.2, 0) is 0 Å². The second-order valence-corrected chi connectivity index (χ2v) is 8.25. The van der Waals surface area contributed by atoms with Crippen molar-refractivity contribution in [3.63, 3.8) is 0 Å². The number of alkyl halides is 2. The van der Waals surface area contributed by atoms with E-state index in [0.29, 0.717) is 17.0 Å². The summed E-state index contributed by atoms with van der Waals surface area (Å²) in [5.74, 6) is -0.449. The summed E-state index contributed by atoms with van der Waals surface area (Å²) in [7, 11) is 0. The number of carbonyl (C=O) groups excluding carboxylic acids is 1. The van der Waals surface area contributed by atoms with Crippen molar-refractivity contribution in [2.75, 3.05) is 24.8 Å². The fourth-order valence-electron chi connectivity index (χ4n) is 3.43. The molecule has 1 N–H and O–H groups in total. The van der Waals surface area contributed by atoms with E-state index in [1.54, 1.807) is 23.2 Å². The molecule has 3 rings (SSSR count). The van der Waals surface area contributed by atoms with Gasteiger partial charge in [0.1, 0.15) is 23.9 Å². The van der Waals surface area contributed by atoms with Crippen LogP contribution in [0.2, 0.25) is 0 Å². The molecule has 0 saturated carbocycles. The molecule has 6 nitrogen and oxygen atoms in total. The molecule has 1 amide bonds. The number of amides is 1. The van der Waals surface area contributed by atoms with Gasteiger partial charge in [0.15, 0.2) is 5.65 Å². The van der Waals surface area contributed by atoms with Crippen LogP contribution in [0.1, 0.15) is 49.2 Å². The van der Waals surface area contributed by atoms with Crippen molar-refractivity contribution in [3.8, 4) is 0 Å². The normalized spacial score (nSPS) is 12.7. The molecule has 0 unspecified atom stereocenters. The van der Waals surface area contributed by atoms with Gasteiger partial charge in [0.05, 0.1) is 18.9 Å². The van der Waals surface area contributed by atoms with Gasteiger partial charge in [0.25, 0.3) is 5.91 Å². The number of fused-ring (bicyclic) bond motifs is 1. The van der Waals surface area contributed by atoms with Crippen LogP contribution in [0.3, 0.4) is 0 Å². The summed E-state index contributed by atoms with van der Waals surface area (Å²) >= 11 is 0. The predicted molar refractivity (Wildman–Crippen MR) is 113 cm³/mol. The van der Waals surface area contributed by atoms with E-state index < -0.39 is 30.7 Å². The second kappa shape index (κ2) is 9.36. The number of hydrogen-bond donors (Lipinski definition) is 1. The van der Waals surface area contributed by atoms with Crippen LogP contribution in [-0.4, -0.2) is 45.9 Å². The van der Waals surface area contributed by atoms with Crippen LogP contribution >= 0.6 is 0 Å². The lowest BCUT2D eigenvalue weighted by Gasteiger charge is -2.32. The average molecular weight is 433 g/mol. The highest BCUT2D eigenvalue weighted by Gasteiger charge is 2.25. The first-order valence-electron chi connectivity index (χ1n) is 10.0. The van der Waals surface area contributed by atoms with Crippen molar-refractivity contribution >= 4 is 17.4 Å². The molecule has 1 atom stereocenters. The predicted octanol–water partition coefficient (Wildman–Crippen LogP) is 4.27. The number of rotatable bonds is 8. The fourth-order valence-corrected chi connectivity index (χ4v) is 3.43. The first kappa shape index (κ1) is 22.6. The number of halogens is 3. The lowest BCUT2D eigenvalue weighted by Crippen LogP contribution is -2.40. The summed E-state index contributed by atoms with van der Waals surface area (Å²) in [4.78, 5) is 18.8. The molecule has 166 valence electrons. The smallest absolute Gasteiger partial charge is 0.257 e. The van der Waals surface area contributed by atoms with Gasteiger partial charge in [-0.15, -0.1) is 0 Å².